The van der Waals surface area contributed by atoms with E-state index < -0.39 is 0 Å². The quantitative estimate of drug-likeness (QED) is 0.847. The highest BCUT2D eigenvalue weighted by Gasteiger charge is 2.36. The number of hydrogen-bond acceptors (Lipinski definition) is 2. The molecule has 0 saturated heterocycles. The largest absolute Gasteiger partial charge is 0.332 e. The molecule has 0 aromatic carbocycles. The Kier molecular flexibility index (Phi) is 4.18. The summed E-state index contributed by atoms with van der Waals surface area (Å²) >= 11 is 0. The van der Waals surface area contributed by atoms with Crippen LogP contribution in [0.5, 0.6) is 0 Å². The Hall–Kier alpha value is -1.32. The number of amides is 1. The number of aromatic nitrogens is 2. The summed E-state index contributed by atoms with van der Waals surface area (Å²) < 4.78 is 2.01. The summed E-state index contributed by atoms with van der Waals surface area (Å²) in [4.78, 5) is 14.8. The monoisotopic (exact) mass is 291 g/mol. The third kappa shape index (κ3) is 3.30. The van der Waals surface area contributed by atoms with Gasteiger partial charge in [0.15, 0.2) is 5.69 Å². The van der Waals surface area contributed by atoms with Crippen LogP contribution >= 0.6 is 0 Å². The van der Waals surface area contributed by atoms with Crippen LogP contribution in [0.4, 0.5) is 0 Å². The first-order valence-electron chi connectivity index (χ1n) is 8.06. The maximum atomic E-state index is 12.8. The molecule has 1 amide bonds. The molecular formula is C17H29N3O. The molecule has 21 heavy (non-hydrogen) atoms. The fourth-order valence-electron chi connectivity index (χ4n) is 2.76. The van der Waals surface area contributed by atoms with Crippen molar-refractivity contribution in [2.45, 2.75) is 84.8 Å². The zero-order valence-electron chi connectivity index (χ0n) is 14.5. The first kappa shape index (κ1) is 16.1. The molecule has 1 fully saturated rings. The van der Waals surface area contributed by atoms with E-state index in [1.54, 1.807) is 0 Å². The molecule has 1 aromatic rings. The van der Waals surface area contributed by atoms with Crippen LogP contribution in [-0.4, -0.2) is 32.7 Å². The van der Waals surface area contributed by atoms with Gasteiger partial charge in [0.05, 0.1) is 5.54 Å². The van der Waals surface area contributed by atoms with Crippen LogP contribution in [0.1, 0.15) is 83.4 Å². The van der Waals surface area contributed by atoms with Crippen LogP contribution in [0, 0.1) is 0 Å². The average Bonchev–Trinajstić information content (AvgIpc) is 3.04. The first-order valence-corrected chi connectivity index (χ1v) is 8.06. The summed E-state index contributed by atoms with van der Waals surface area (Å²) in [5.41, 5.74) is 1.61. The lowest BCUT2D eigenvalue weighted by molar-refractivity contribution is 0.0682. The Labute approximate surface area is 128 Å². The van der Waals surface area contributed by atoms with Crippen molar-refractivity contribution in [2.75, 3.05) is 0 Å². The number of hydrogen-bond donors (Lipinski definition) is 0. The summed E-state index contributed by atoms with van der Waals surface area (Å²) in [6.07, 6.45) is 2.25. The van der Waals surface area contributed by atoms with Crippen molar-refractivity contribution >= 4 is 5.91 Å². The van der Waals surface area contributed by atoms with Gasteiger partial charge in [0, 0.05) is 17.8 Å². The summed E-state index contributed by atoms with van der Waals surface area (Å²) in [7, 11) is 0. The van der Waals surface area contributed by atoms with Gasteiger partial charge in [0.25, 0.3) is 5.91 Å². The Morgan fingerprint density at radius 3 is 2.19 bits per heavy atom. The van der Waals surface area contributed by atoms with E-state index in [1.807, 2.05) is 15.6 Å². The van der Waals surface area contributed by atoms with Crippen molar-refractivity contribution in [3.8, 4) is 0 Å². The highest BCUT2D eigenvalue weighted by Crippen LogP contribution is 2.31. The Morgan fingerprint density at radius 1 is 1.29 bits per heavy atom. The fraction of sp³-hybridized carbons (Fsp3) is 0.765. The SMILES string of the molecule is CC(C)c1cc(C(=O)N(C(C)C)C2CC2)nn1C(C)(C)C. The molecule has 1 aromatic heterocycles. The molecule has 4 heteroatoms. The third-order valence-electron chi connectivity index (χ3n) is 3.91. The summed E-state index contributed by atoms with van der Waals surface area (Å²) in [6.45, 7) is 14.8. The second-order valence-corrected chi connectivity index (χ2v) is 7.73. The number of carbonyl (C=O) groups is 1. The van der Waals surface area contributed by atoms with Crippen molar-refractivity contribution < 1.29 is 4.79 Å². The van der Waals surface area contributed by atoms with Gasteiger partial charge in [-0.3, -0.25) is 9.48 Å². The molecule has 4 nitrogen and oxygen atoms in total. The molecule has 1 aliphatic carbocycles. The van der Waals surface area contributed by atoms with Gasteiger partial charge in [-0.2, -0.15) is 5.10 Å². The average molecular weight is 291 g/mol. The topological polar surface area (TPSA) is 38.1 Å². The lowest BCUT2D eigenvalue weighted by atomic mass is 10.1. The van der Waals surface area contributed by atoms with Gasteiger partial charge in [0.1, 0.15) is 0 Å². The zero-order valence-corrected chi connectivity index (χ0v) is 14.5. The van der Waals surface area contributed by atoms with Crippen molar-refractivity contribution in [2.24, 2.45) is 0 Å². The minimum Gasteiger partial charge on any atom is -0.332 e. The standard InChI is InChI=1S/C17H29N3O/c1-11(2)15-10-14(18-20(15)17(5,6)7)16(21)19(12(3)4)13-8-9-13/h10-13H,8-9H2,1-7H3. The molecular weight excluding hydrogens is 262 g/mol. The third-order valence-corrected chi connectivity index (χ3v) is 3.91. The Balaban J connectivity index is 2.38. The van der Waals surface area contributed by atoms with Gasteiger partial charge in [0.2, 0.25) is 0 Å². The summed E-state index contributed by atoms with van der Waals surface area (Å²) in [5.74, 6) is 0.434. The highest BCUT2D eigenvalue weighted by atomic mass is 16.2. The summed E-state index contributed by atoms with van der Waals surface area (Å²) in [6, 6.07) is 2.63. The molecule has 0 unspecified atom stereocenters. The van der Waals surface area contributed by atoms with Crippen molar-refractivity contribution in [3.05, 3.63) is 17.5 Å². The number of nitrogens with zero attached hydrogens (tertiary/aromatic N) is 3. The van der Waals surface area contributed by atoms with Crippen molar-refractivity contribution in [1.29, 1.82) is 0 Å². The van der Waals surface area contributed by atoms with E-state index in [0.29, 0.717) is 17.7 Å². The van der Waals surface area contributed by atoms with E-state index in [0.717, 1.165) is 18.5 Å². The lowest BCUT2D eigenvalue weighted by Gasteiger charge is -2.26. The smallest absolute Gasteiger partial charge is 0.274 e. The van der Waals surface area contributed by atoms with Crippen molar-refractivity contribution in [1.82, 2.24) is 14.7 Å². The molecule has 0 atom stereocenters. The van der Waals surface area contributed by atoms with Crippen LogP contribution in [-0.2, 0) is 5.54 Å². The number of carbonyl (C=O) groups excluding carboxylic acids is 1. The van der Waals surface area contributed by atoms with Gasteiger partial charge in [-0.25, -0.2) is 0 Å². The van der Waals surface area contributed by atoms with Crippen LogP contribution in [0.2, 0.25) is 0 Å². The maximum absolute atomic E-state index is 12.8. The number of rotatable bonds is 4. The fourth-order valence-corrected chi connectivity index (χ4v) is 2.76. The van der Waals surface area contributed by atoms with Gasteiger partial charge >= 0.3 is 0 Å². The molecule has 0 aliphatic heterocycles. The van der Waals surface area contributed by atoms with E-state index in [1.165, 1.54) is 0 Å². The Bertz CT molecular complexity index is 517. The molecule has 0 bridgehead atoms. The van der Waals surface area contributed by atoms with E-state index in [-0.39, 0.29) is 17.5 Å². The maximum Gasteiger partial charge on any atom is 0.274 e. The van der Waals surface area contributed by atoms with E-state index in [9.17, 15) is 4.79 Å². The normalized spacial score (nSPS) is 15.9. The second kappa shape index (κ2) is 5.47. The first-order chi connectivity index (χ1) is 9.62. The minimum absolute atomic E-state index is 0.0809. The predicted octanol–water partition coefficient (Wildman–Crippen LogP) is 3.77. The molecule has 1 heterocycles. The molecule has 0 N–H and O–H groups in total. The minimum atomic E-state index is -0.111. The van der Waals surface area contributed by atoms with Gasteiger partial charge < -0.3 is 4.90 Å². The van der Waals surface area contributed by atoms with Crippen molar-refractivity contribution in [3.63, 3.8) is 0 Å². The van der Waals surface area contributed by atoms with E-state index in [4.69, 9.17) is 0 Å². The molecule has 0 radical (unpaired) electrons. The van der Waals surface area contributed by atoms with E-state index >= 15 is 0 Å². The predicted molar refractivity (Wildman–Crippen MR) is 85.6 cm³/mol. The molecule has 0 spiro atoms. The highest BCUT2D eigenvalue weighted by molar-refractivity contribution is 5.93. The molecule has 2 rings (SSSR count). The zero-order chi connectivity index (χ0) is 15.9. The van der Waals surface area contributed by atoms with Crippen LogP contribution in [0.15, 0.2) is 6.07 Å². The summed E-state index contributed by atoms with van der Waals surface area (Å²) in [5, 5.41) is 4.64. The lowest BCUT2D eigenvalue weighted by Crippen LogP contribution is -2.39. The van der Waals surface area contributed by atoms with Crippen LogP contribution in [0.3, 0.4) is 0 Å². The van der Waals surface area contributed by atoms with Crippen LogP contribution in [0.25, 0.3) is 0 Å². The van der Waals surface area contributed by atoms with E-state index in [2.05, 4.69) is 53.6 Å². The Morgan fingerprint density at radius 2 is 1.86 bits per heavy atom. The van der Waals surface area contributed by atoms with Gasteiger partial charge in [-0.05, 0) is 59.4 Å². The molecule has 118 valence electrons. The van der Waals surface area contributed by atoms with Crippen LogP contribution < -0.4 is 0 Å². The second-order valence-electron chi connectivity index (χ2n) is 7.73. The molecule has 1 saturated carbocycles. The molecule has 1 aliphatic rings. The van der Waals surface area contributed by atoms with Gasteiger partial charge in [-0.15, -0.1) is 0 Å². The van der Waals surface area contributed by atoms with Gasteiger partial charge in [-0.1, -0.05) is 13.8 Å².